The maximum Gasteiger partial charge on any atom is 0.261 e. The maximum absolute atomic E-state index is 14.0. The summed E-state index contributed by atoms with van der Waals surface area (Å²) in [6.07, 6.45) is 4.18. The Bertz CT molecular complexity index is 2560. The van der Waals surface area contributed by atoms with E-state index in [4.69, 9.17) is 29.7 Å². The van der Waals surface area contributed by atoms with Gasteiger partial charge in [-0.25, -0.2) is 0 Å². The van der Waals surface area contributed by atoms with Gasteiger partial charge in [0.1, 0.15) is 13.2 Å². The van der Waals surface area contributed by atoms with Crippen LogP contribution in [0.3, 0.4) is 0 Å². The Morgan fingerprint density at radius 2 is 1.40 bits per heavy atom. The Morgan fingerprint density at radius 3 is 2.08 bits per heavy atom. The van der Waals surface area contributed by atoms with Crippen LogP contribution >= 0.6 is 0 Å². The second-order valence-electron chi connectivity index (χ2n) is 15.5. The number of hydrogen-bond donors (Lipinski definition) is 2. The van der Waals surface area contributed by atoms with E-state index in [2.05, 4.69) is 16.3 Å². The van der Waals surface area contributed by atoms with Crippen LogP contribution in [0.15, 0.2) is 96.0 Å². The van der Waals surface area contributed by atoms with Crippen molar-refractivity contribution in [2.24, 2.45) is 10.7 Å². The van der Waals surface area contributed by atoms with Crippen LogP contribution in [0.4, 0.5) is 28.4 Å². The summed E-state index contributed by atoms with van der Waals surface area (Å²) in [5, 5.41) is 3.50. The summed E-state index contributed by atoms with van der Waals surface area (Å²) >= 11 is 0. The molecule has 0 spiro atoms. The number of ether oxygens (including phenoxy) is 4. The summed E-state index contributed by atoms with van der Waals surface area (Å²) in [4.78, 5) is 50.0. The molecule has 3 N–H and O–H groups in total. The van der Waals surface area contributed by atoms with Crippen LogP contribution in [0, 0.1) is 0 Å². The van der Waals surface area contributed by atoms with E-state index in [0.29, 0.717) is 71.4 Å². The molecule has 13 nitrogen and oxygen atoms in total. The van der Waals surface area contributed by atoms with Crippen LogP contribution in [0.25, 0.3) is 0 Å². The van der Waals surface area contributed by atoms with Crippen molar-refractivity contribution in [2.75, 3.05) is 54.4 Å². The number of fused-ring (bicyclic) bond motifs is 8. The molecule has 0 saturated heterocycles. The van der Waals surface area contributed by atoms with E-state index in [1.807, 2.05) is 84.9 Å². The minimum atomic E-state index is -0.346. The molecule has 0 aromatic heterocycles. The van der Waals surface area contributed by atoms with Gasteiger partial charge in [0.2, 0.25) is 5.91 Å². The molecular formula is C47H46N6O7. The lowest BCUT2D eigenvalue weighted by molar-refractivity contribution is -0.118. The standard InChI is InChI=1S/C47H46N6O7/c1-51(14-8-13-45(48)54)32-16-28(26-59-43-22-37-35(20-41(43)57-2)46(55)52-33(24-49-37)18-30-9-4-6-11-39(30)52)15-29(17-32)27-60-44-23-38-36(21-42(44)58-3)47(56)53-34(25-50-38)19-31-10-5-7-12-40(31)53/h4-7,9-12,15-17,20-24,33-34,50H,8,13-14,18-19,25-27H2,1-3H3,(H2,48,54)/t33-,34-/m0/s1. The second kappa shape index (κ2) is 16.0. The number of rotatable bonds is 13. The zero-order valence-corrected chi connectivity index (χ0v) is 33.8. The first-order chi connectivity index (χ1) is 29.2. The Morgan fingerprint density at radius 1 is 0.783 bits per heavy atom. The Hall–Kier alpha value is -7.02. The number of carbonyl (C=O) groups is 3. The lowest BCUT2D eigenvalue weighted by atomic mass is 10.1. The fraction of sp³-hybridized carbons (Fsp3) is 0.277. The average Bonchev–Trinajstić information content (AvgIpc) is 3.75. The summed E-state index contributed by atoms with van der Waals surface area (Å²) in [5.74, 6) is 1.23. The molecule has 5 aromatic carbocycles. The number of benzene rings is 5. The molecule has 3 amide bonds. The zero-order chi connectivity index (χ0) is 41.5. The van der Waals surface area contributed by atoms with Gasteiger partial charge in [0.15, 0.2) is 23.0 Å². The van der Waals surface area contributed by atoms with Gasteiger partial charge in [-0.05, 0) is 77.6 Å². The van der Waals surface area contributed by atoms with Crippen LogP contribution in [-0.4, -0.2) is 70.4 Å². The van der Waals surface area contributed by atoms with Gasteiger partial charge in [0.05, 0.1) is 48.8 Å². The number of amides is 3. The number of methoxy groups -OCH3 is 2. The average molecular weight is 807 g/mol. The summed E-state index contributed by atoms with van der Waals surface area (Å²) in [6, 6.07) is 28.9. The molecule has 0 fully saturated rings. The molecule has 0 saturated carbocycles. The molecule has 13 heteroatoms. The lowest BCUT2D eigenvalue weighted by Gasteiger charge is -2.23. The molecule has 0 aliphatic carbocycles. The van der Waals surface area contributed by atoms with Crippen LogP contribution in [0.5, 0.6) is 23.0 Å². The molecule has 306 valence electrons. The highest BCUT2D eigenvalue weighted by atomic mass is 16.5. The van der Waals surface area contributed by atoms with Gasteiger partial charge >= 0.3 is 0 Å². The Labute approximate surface area is 348 Å². The number of para-hydroxylation sites is 2. The van der Waals surface area contributed by atoms with Crippen molar-refractivity contribution in [1.29, 1.82) is 0 Å². The highest BCUT2D eigenvalue weighted by Crippen LogP contribution is 2.43. The molecular weight excluding hydrogens is 761 g/mol. The lowest BCUT2D eigenvalue weighted by Crippen LogP contribution is -2.39. The molecule has 5 aromatic rings. The number of hydrogen-bond acceptors (Lipinski definition) is 10. The van der Waals surface area contributed by atoms with Gasteiger partial charge in [0.25, 0.3) is 11.8 Å². The summed E-state index contributed by atoms with van der Waals surface area (Å²) < 4.78 is 24.4. The smallest absolute Gasteiger partial charge is 0.261 e. The molecule has 4 aliphatic rings. The number of nitrogens with zero attached hydrogens (tertiary/aromatic N) is 4. The zero-order valence-electron chi connectivity index (χ0n) is 33.8. The number of aliphatic imine (C=N–C) groups is 1. The van der Waals surface area contributed by atoms with E-state index >= 15 is 0 Å². The Balaban J connectivity index is 0.969. The predicted molar refractivity (Wildman–Crippen MR) is 231 cm³/mol. The molecule has 4 aliphatic heterocycles. The Kier molecular flexibility index (Phi) is 10.2. The van der Waals surface area contributed by atoms with Gasteiger partial charge in [-0.3, -0.25) is 24.3 Å². The van der Waals surface area contributed by atoms with Crippen LogP contribution in [0.1, 0.15) is 55.8 Å². The maximum atomic E-state index is 14.0. The minimum absolute atomic E-state index is 0.00198. The predicted octanol–water partition coefficient (Wildman–Crippen LogP) is 6.85. The fourth-order valence-corrected chi connectivity index (χ4v) is 8.67. The van der Waals surface area contributed by atoms with Crippen molar-refractivity contribution in [1.82, 2.24) is 0 Å². The normalized spacial score (nSPS) is 16.9. The first kappa shape index (κ1) is 38.5. The van der Waals surface area contributed by atoms with Crippen molar-refractivity contribution in [3.8, 4) is 23.0 Å². The van der Waals surface area contributed by atoms with E-state index in [1.54, 1.807) is 37.3 Å². The second-order valence-corrected chi connectivity index (χ2v) is 15.5. The summed E-state index contributed by atoms with van der Waals surface area (Å²) in [6.45, 7) is 1.54. The van der Waals surface area contributed by atoms with Gasteiger partial charge in [0, 0.05) is 68.4 Å². The molecule has 2 atom stereocenters. The highest BCUT2D eigenvalue weighted by molar-refractivity contribution is 6.15. The number of anilines is 4. The number of carbonyl (C=O) groups excluding carboxylic acids is 3. The highest BCUT2D eigenvalue weighted by Gasteiger charge is 2.38. The van der Waals surface area contributed by atoms with E-state index in [0.717, 1.165) is 45.7 Å². The van der Waals surface area contributed by atoms with Gasteiger partial charge in [-0.15, -0.1) is 0 Å². The number of primary amides is 1. The molecule has 60 heavy (non-hydrogen) atoms. The summed E-state index contributed by atoms with van der Waals surface area (Å²) in [5.41, 5.74) is 14.3. The first-order valence-electron chi connectivity index (χ1n) is 20.1. The molecule has 0 unspecified atom stereocenters. The number of nitrogens with one attached hydrogen (secondary N) is 1. The van der Waals surface area contributed by atoms with E-state index in [-0.39, 0.29) is 49.4 Å². The van der Waals surface area contributed by atoms with Gasteiger partial charge in [-0.1, -0.05) is 36.4 Å². The van der Waals surface area contributed by atoms with Crippen molar-refractivity contribution in [3.63, 3.8) is 0 Å². The molecule has 4 heterocycles. The van der Waals surface area contributed by atoms with Crippen molar-refractivity contribution < 1.29 is 33.3 Å². The molecule has 0 radical (unpaired) electrons. The molecule has 0 bridgehead atoms. The van der Waals surface area contributed by atoms with E-state index in [9.17, 15) is 14.4 Å². The minimum Gasteiger partial charge on any atom is -0.493 e. The summed E-state index contributed by atoms with van der Waals surface area (Å²) in [7, 11) is 5.07. The van der Waals surface area contributed by atoms with E-state index < -0.39 is 0 Å². The molecule has 9 rings (SSSR count). The quantitative estimate of drug-likeness (QED) is 0.130. The fourth-order valence-electron chi connectivity index (χ4n) is 8.67. The number of nitrogens with two attached hydrogens (primary N) is 1. The monoisotopic (exact) mass is 806 g/mol. The topological polar surface area (TPSA) is 148 Å². The first-order valence-corrected chi connectivity index (χ1v) is 20.1. The van der Waals surface area contributed by atoms with Crippen molar-refractivity contribution in [2.45, 2.75) is 51.0 Å². The van der Waals surface area contributed by atoms with Gasteiger partial charge < -0.3 is 39.8 Å². The van der Waals surface area contributed by atoms with Crippen LogP contribution in [-0.2, 0) is 30.8 Å². The third kappa shape index (κ3) is 7.20. The van der Waals surface area contributed by atoms with Gasteiger partial charge in [-0.2, -0.15) is 0 Å². The largest absolute Gasteiger partial charge is 0.493 e. The van der Waals surface area contributed by atoms with Crippen molar-refractivity contribution in [3.05, 3.63) is 124 Å². The van der Waals surface area contributed by atoms with Crippen molar-refractivity contribution >= 4 is 52.4 Å². The van der Waals surface area contributed by atoms with Crippen LogP contribution < -0.4 is 44.7 Å². The third-order valence-corrected chi connectivity index (χ3v) is 11.7. The van der Waals surface area contributed by atoms with E-state index in [1.165, 1.54) is 0 Å². The third-order valence-electron chi connectivity index (χ3n) is 11.7. The van der Waals surface area contributed by atoms with Crippen LogP contribution in [0.2, 0.25) is 0 Å². The SMILES string of the molecule is COc1cc2c(cc1OCc1cc(COc3cc4c(cc3OC)C(=O)N3c5ccccc5C[C@H]3CN4)cc(N(C)CCCC(N)=O)c1)N=C[C@@H]1Cc3ccccc3N1C2=O.